The highest BCUT2D eigenvalue weighted by atomic mass is 16.5. The summed E-state index contributed by atoms with van der Waals surface area (Å²) in [6.07, 6.45) is 0. The third-order valence-electron chi connectivity index (χ3n) is 2.66. The average molecular weight is 216 g/mol. The van der Waals surface area contributed by atoms with Gasteiger partial charge in [-0.25, -0.2) is 0 Å². The van der Waals surface area contributed by atoms with Gasteiger partial charge in [0.1, 0.15) is 0 Å². The van der Waals surface area contributed by atoms with Crippen LogP contribution in [-0.2, 0) is 14.3 Å². The van der Waals surface area contributed by atoms with Gasteiger partial charge in [0, 0.05) is 13.1 Å². The molecule has 0 rings (SSSR count). The second-order valence-corrected chi connectivity index (χ2v) is 3.64. The SMILES string of the molecule is CNC(=O)CN(C)C(C)C(C)C(=O)OC. The molecule has 5 heteroatoms. The van der Waals surface area contributed by atoms with Gasteiger partial charge in [0.05, 0.1) is 19.6 Å². The number of ether oxygens (including phenoxy) is 1. The van der Waals surface area contributed by atoms with E-state index in [-0.39, 0.29) is 30.4 Å². The van der Waals surface area contributed by atoms with Gasteiger partial charge >= 0.3 is 5.97 Å². The maximum absolute atomic E-state index is 11.3. The van der Waals surface area contributed by atoms with Crippen molar-refractivity contribution in [2.24, 2.45) is 5.92 Å². The van der Waals surface area contributed by atoms with Gasteiger partial charge in [-0.15, -0.1) is 0 Å². The zero-order valence-corrected chi connectivity index (χ0v) is 10.0. The van der Waals surface area contributed by atoms with Crippen molar-refractivity contribution in [1.82, 2.24) is 10.2 Å². The molecule has 1 N–H and O–H groups in total. The van der Waals surface area contributed by atoms with Crippen LogP contribution in [0.1, 0.15) is 13.8 Å². The van der Waals surface area contributed by atoms with Gasteiger partial charge in [-0.3, -0.25) is 14.5 Å². The van der Waals surface area contributed by atoms with E-state index < -0.39 is 0 Å². The zero-order valence-electron chi connectivity index (χ0n) is 10.0. The minimum absolute atomic E-state index is 0.0326. The minimum Gasteiger partial charge on any atom is -0.469 e. The summed E-state index contributed by atoms with van der Waals surface area (Å²) < 4.78 is 4.65. The van der Waals surface area contributed by atoms with Crippen molar-refractivity contribution in [2.45, 2.75) is 19.9 Å². The molecule has 2 atom stereocenters. The molecule has 0 aromatic carbocycles. The lowest BCUT2D eigenvalue weighted by molar-refractivity contribution is -0.147. The molecule has 0 heterocycles. The minimum atomic E-state index is -0.258. The molecule has 0 saturated heterocycles. The van der Waals surface area contributed by atoms with Crippen LogP contribution in [0.2, 0.25) is 0 Å². The molecule has 1 amide bonds. The summed E-state index contributed by atoms with van der Waals surface area (Å²) >= 11 is 0. The molecule has 0 bridgehead atoms. The van der Waals surface area contributed by atoms with Crippen molar-refractivity contribution in [2.75, 3.05) is 27.7 Å². The third kappa shape index (κ3) is 4.29. The first-order valence-electron chi connectivity index (χ1n) is 4.92. The second kappa shape index (κ2) is 6.40. The number of likely N-dealkylation sites (N-methyl/N-ethyl adjacent to an activating group) is 2. The first kappa shape index (κ1) is 13.9. The quantitative estimate of drug-likeness (QED) is 0.650. The fraction of sp³-hybridized carbons (Fsp3) is 0.800. The van der Waals surface area contributed by atoms with Crippen LogP contribution in [0.3, 0.4) is 0 Å². The van der Waals surface area contributed by atoms with E-state index in [0.717, 1.165) is 0 Å². The lowest BCUT2D eigenvalue weighted by Crippen LogP contribution is -2.43. The standard InChI is InChI=1S/C10H20N2O3/c1-7(10(14)15-5)8(2)12(4)6-9(13)11-3/h7-8H,6H2,1-5H3,(H,11,13). The topological polar surface area (TPSA) is 58.6 Å². The Hall–Kier alpha value is -1.10. The molecule has 2 unspecified atom stereocenters. The molecular formula is C10H20N2O3. The van der Waals surface area contributed by atoms with E-state index in [1.165, 1.54) is 7.11 Å². The van der Waals surface area contributed by atoms with Crippen molar-refractivity contribution in [3.05, 3.63) is 0 Å². The number of esters is 1. The number of hydrogen-bond donors (Lipinski definition) is 1. The van der Waals surface area contributed by atoms with Gasteiger partial charge in [-0.1, -0.05) is 6.92 Å². The Balaban J connectivity index is 4.24. The molecule has 15 heavy (non-hydrogen) atoms. The van der Waals surface area contributed by atoms with Gasteiger partial charge in [-0.2, -0.15) is 0 Å². The van der Waals surface area contributed by atoms with E-state index in [2.05, 4.69) is 10.1 Å². The second-order valence-electron chi connectivity index (χ2n) is 3.64. The number of amides is 1. The molecule has 0 aliphatic rings. The summed E-state index contributed by atoms with van der Waals surface area (Å²) in [5, 5.41) is 2.54. The number of carbonyl (C=O) groups is 2. The molecule has 0 aliphatic heterocycles. The highest BCUT2D eigenvalue weighted by Gasteiger charge is 2.24. The summed E-state index contributed by atoms with van der Waals surface area (Å²) in [4.78, 5) is 24.2. The van der Waals surface area contributed by atoms with Crippen molar-refractivity contribution < 1.29 is 14.3 Å². The predicted octanol–water partition coefficient (Wildman–Crippen LogP) is -0.138. The number of nitrogens with one attached hydrogen (secondary N) is 1. The van der Waals surface area contributed by atoms with Crippen molar-refractivity contribution >= 4 is 11.9 Å². The normalized spacial score (nSPS) is 14.5. The van der Waals surface area contributed by atoms with E-state index in [1.807, 2.05) is 11.8 Å². The van der Waals surface area contributed by atoms with Gasteiger partial charge in [0.2, 0.25) is 5.91 Å². The lowest BCUT2D eigenvalue weighted by Gasteiger charge is -2.27. The molecular weight excluding hydrogens is 196 g/mol. The smallest absolute Gasteiger partial charge is 0.309 e. The van der Waals surface area contributed by atoms with Crippen LogP contribution >= 0.6 is 0 Å². The van der Waals surface area contributed by atoms with E-state index in [4.69, 9.17) is 0 Å². The summed E-state index contributed by atoms with van der Waals surface area (Å²) in [6.45, 7) is 3.96. The number of carbonyl (C=O) groups excluding carboxylic acids is 2. The van der Waals surface area contributed by atoms with Crippen molar-refractivity contribution in [3.63, 3.8) is 0 Å². The summed E-state index contributed by atoms with van der Waals surface area (Å²) in [7, 11) is 4.76. The summed E-state index contributed by atoms with van der Waals surface area (Å²) in [5.74, 6) is -0.572. The molecule has 5 nitrogen and oxygen atoms in total. The summed E-state index contributed by atoms with van der Waals surface area (Å²) in [6, 6.07) is -0.0326. The van der Waals surface area contributed by atoms with Crippen LogP contribution in [-0.4, -0.2) is 50.6 Å². The lowest BCUT2D eigenvalue weighted by atomic mass is 10.0. The Morgan fingerprint density at radius 2 is 1.93 bits per heavy atom. The van der Waals surface area contributed by atoms with Gasteiger partial charge < -0.3 is 10.1 Å². The van der Waals surface area contributed by atoms with Gasteiger partial charge in [-0.05, 0) is 14.0 Å². The molecule has 0 aromatic heterocycles. The van der Waals surface area contributed by atoms with Crippen LogP contribution in [0.15, 0.2) is 0 Å². The largest absolute Gasteiger partial charge is 0.469 e. The first-order valence-corrected chi connectivity index (χ1v) is 4.92. The van der Waals surface area contributed by atoms with Crippen LogP contribution in [0, 0.1) is 5.92 Å². The van der Waals surface area contributed by atoms with Crippen molar-refractivity contribution in [1.29, 1.82) is 0 Å². The van der Waals surface area contributed by atoms with Crippen LogP contribution in [0.5, 0.6) is 0 Å². The van der Waals surface area contributed by atoms with Crippen LogP contribution in [0.25, 0.3) is 0 Å². The number of methoxy groups -OCH3 is 1. The fourth-order valence-corrected chi connectivity index (χ4v) is 1.21. The Bertz CT molecular complexity index is 231. The number of rotatable bonds is 5. The van der Waals surface area contributed by atoms with Gasteiger partial charge in [0.15, 0.2) is 0 Å². The van der Waals surface area contributed by atoms with E-state index >= 15 is 0 Å². The average Bonchev–Trinajstić information content (AvgIpc) is 2.25. The molecule has 0 saturated carbocycles. The molecule has 0 aromatic rings. The highest BCUT2D eigenvalue weighted by molar-refractivity contribution is 5.78. The maximum atomic E-state index is 11.3. The maximum Gasteiger partial charge on any atom is 0.309 e. The molecule has 0 fully saturated rings. The number of nitrogens with zero attached hydrogens (tertiary/aromatic N) is 1. The number of hydrogen-bond acceptors (Lipinski definition) is 4. The Morgan fingerprint density at radius 1 is 1.40 bits per heavy atom. The van der Waals surface area contributed by atoms with E-state index in [0.29, 0.717) is 0 Å². The first-order chi connectivity index (χ1) is 6.93. The van der Waals surface area contributed by atoms with Crippen LogP contribution < -0.4 is 5.32 Å². The van der Waals surface area contributed by atoms with Crippen LogP contribution in [0.4, 0.5) is 0 Å². The van der Waals surface area contributed by atoms with E-state index in [1.54, 1.807) is 21.0 Å². The molecule has 88 valence electrons. The Morgan fingerprint density at radius 3 is 2.33 bits per heavy atom. The fourth-order valence-electron chi connectivity index (χ4n) is 1.21. The molecule has 0 spiro atoms. The van der Waals surface area contributed by atoms with Crippen molar-refractivity contribution in [3.8, 4) is 0 Å². The molecule has 0 aliphatic carbocycles. The zero-order chi connectivity index (χ0) is 12.0. The molecule has 0 radical (unpaired) electrons. The Labute approximate surface area is 90.8 Å². The van der Waals surface area contributed by atoms with Gasteiger partial charge in [0.25, 0.3) is 0 Å². The van der Waals surface area contributed by atoms with E-state index in [9.17, 15) is 9.59 Å². The third-order valence-corrected chi connectivity index (χ3v) is 2.66. The highest BCUT2D eigenvalue weighted by Crippen LogP contribution is 2.10. The predicted molar refractivity (Wildman–Crippen MR) is 57.3 cm³/mol. The summed E-state index contributed by atoms with van der Waals surface area (Å²) in [5.41, 5.74) is 0. The Kier molecular flexibility index (Phi) is 5.93. The monoisotopic (exact) mass is 216 g/mol.